The maximum Gasteiger partial charge on any atom is 0.490 e. The van der Waals surface area contributed by atoms with Gasteiger partial charge in [-0.25, -0.2) is 9.59 Å². The number of nitrogens with zero attached hydrogens (tertiary/aromatic N) is 3. The summed E-state index contributed by atoms with van der Waals surface area (Å²) in [7, 11) is 0. The molecule has 0 unspecified atom stereocenters. The van der Waals surface area contributed by atoms with Gasteiger partial charge in [-0.15, -0.1) is 0 Å². The SMILES string of the molecule is CC(C)NC(=O)N1CCc2onc(COc3cccnc3)c2C1.O=C(O)C(F)(F)F. The van der Waals surface area contributed by atoms with Crippen molar-refractivity contribution in [3.8, 4) is 5.75 Å². The number of hydrogen-bond donors (Lipinski definition) is 2. The second kappa shape index (κ2) is 9.94. The molecule has 0 atom stereocenters. The van der Waals surface area contributed by atoms with Crippen molar-refractivity contribution in [1.29, 1.82) is 0 Å². The van der Waals surface area contributed by atoms with Crippen LogP contribution < -0.4 is 10.1 Å². The van der Waals surface area contributed by atoms with Crippen molar-refractivity contribution in [1.82, 2.24) is 20.4 Å². The first-order valence-electron chi connectivity index (χ1n) is 8.92. The van der Waals surface area contributed by atoms with Gasteiger partial charge < -0.3 is 24.6 Å². The van der Waals surface area contributed by atoms with E-state index in [-0.39, 0.29) is 12.1 Å². The van der Waals surface area contributed by atoms with Crippen LogP contribution in [0.5, 0.6) is 5.75 Å². The lowest BCUT2D eigenvalue weighted by Crippen LogP contribution is -2.45. The Morgan fingerprint density at radius 1 is 1.40 bits per heavy atom. The Morgan fingerprint density at radius 2 is 2.10 bits per heavy atom. The molecule has 12 heteroatoms. The van der Waals surface area contributed by atoms with Gasteiger partial charge in [-0.3, -0.25) is 4.98 Å². The number of amides is 2. The number of halogens is 3. The van der Waals surface area contributed by atoms with Gasteiger partial charge in [0.25, 0.3) is 0 Å². The number of aliphatic carboxylic acids is 1. The molecule has 2 N–H and O–H groups in total. The molecule has 3 rings (SSSR count). The van der Waals surface area contributed by atoms with Gasteiger partial charge in [0.05, 0.1) is 12.7 Å². The molecule has 164 valence electrons. The van der Waals surface area contributed by atoms with Gasteiger partial charge in [-0.2, -0.15) is 13.2 Å². The van der Waals surface area contributed by atoms with Gasteiger partial charge in [0, 0.05) is 30.8 Å². The fourth-order valence-corrected chi connectivity index (χ4v) is 2.47. The van der Waals surface area contributed by atoms with Crippen molar-refractivity contribution in [2.24, 2.45) is 0 Å². The number of carbonyl (C=O) groups is 2. The van der Waals surface area contributed by atoms with Gasteiger partial charge in [-0.05, 0) is 26.0 Å². The summed E-state index contributed by atoms with van der Waals surface area (Å²) in [5.41, 5.74) is 1.67. The fraction of sp³-hybridized carbons (Fsp3) is 0.444. The molecule has 1 aliphatic heterocycles. The van der Waals surface area contributed by atoms with Gasteiger partial charge in [0.2, 0.25) is 0 Å². The molecule has 0 aromatic carbocycles. The number of rotatable bonds is 4. The minimum Gasteiger partial charge on any atom is -0.486 e. The summed E-state index contributed by atoms with van der Waals surface area (Å²) in [5, 5.41) is 14.1. The summed E-state index contributed by atoms with van der Waals surface area (Å²) in [6.07, 6.45) is -1.08. The molecule has 2 aromatic rings. The van der Waals surface area contributed by atoms with Crippen LogP contribution in [0.15, 0.2) is 29.0 Å². The maximum atomic E-state index is 12.2. The molecule has 0 saturated carbocycles. The molecule has 2 amide bonds. The van der Waals surface area contributed by atoms with Crippen LogP contribution in [0.1, 0.15) is 30.9 Å². The van der Waals surface area contributed by atoms with Crippen LogP contribution in [0.4, 0.5) is 18.0 Å². The molecule has 0 bridgehead atoms. The number of aromatic nitrogens is 2. The van der Waals surface area contributed by atoms with Crippen LogP contribution in [-0.2, 0) is 24.4 Å². The number of nitrogens with one attached hydrogen (secondary N) is 1. The van der Waals surface area contributed by atoms with Crippen LogP contribution in [0.25, 0.3) is 0 Å². The van der Waals surface area contributed by atoms with E-state index in [9.17, 15) is 18.0 Å². The molecular formula is C18H21F3N4O5. The molecule has 1 aliphatic rings. The van der Waals surface area contributed by atoms with Gasteiger partial charge in [-0.1, -0.05) is 5.16 Å². The van der Waals surface area contributed by atoms with Crippen molar-refractivity contribution in [2.45, 2.75) is 45.6 Å². The summed E-state index contributed by atoms with van der Waals surface area (Å²) in [4.78, 5) is 26.8. The van der Waals surface area contributed by atoms with E-state index in [0.717, 1.165) is 17.0 Å². The predicted octanol–water partition coefficient (Wildman–Crippen LogP) is 2.76. The molecular weight excluding hydrogens is 409 g/mol. The van der Waals surface area contributed by atoms with E-state index in [1.165, 1.54) is 0 Å². The molecule has 0 saturated heterocycles. The number of ether oxygens (including phenoxy) is 1. The molecule has 0 fully saturated rings. The van der Waals surface area contributed by atoms with E-state index in [1.807, 2.05) is 26.0 Å². The van der Waals surface area contributed by atoms with Crippen LogP contribution in [0, 0.1) is 0 Å². The molecule has 3 heterocycles. The molecule has 30 heavy (non-hydrogen) atoms. The summed E-state index contributed by atoms with van der Waals surface area (Å²) >= 11 is 0. The Balaban J connectivity index is 0.000000396. The van der Waals surface area contributed by atoms with Gasteiger partial charge >= 0.3 is 18.2 Å². The summed E-state index contributed by atoms with van der Waals surface area (Å²) in [6, 6.07) is 3.69. The first-order chi connectivity index (χ1) is 14.1. The molecule has 0 spiro atoms. The third kappa shape index (κ3) is 6.64. The van der Waals surface area contributed by atoms with Crippen LogP contribution in [0.2, 0.25) is 0 Å². The van der Waals surface area contributed by atoms with E-state index in [4.69, 9.17) is 19.2 Å². The zero-order valence-electron chi connectivity index (χ0n) is 16.3. The van der Waals surface area contributed by atoms with Gasteiger partial charge in [0.15, 0.2) is 0 Å². The van der Waals surface area contributed by atoms with Crippen LogP contribution in [0.3, 0.4) is 0 Å². The molecule has 2 aromatic heterocycles. The summed E-state index contributed by atoms with van der Waals surface area (Å²) < 4.78 is 42.8. The Hall–Kier alpha value is -3.31. The molecule has 0 radical (unpaired) electrons. The van der Waals surface area contributed by atoms with Gasteiger partial charge in [0.1, 0.15) is 23.8 Å². The zero-order chi connectivity index (χ0) is 22.3. The smallest absolute Gasteiger partial charge is 0.486 e. The van der Waals surface area contributed by atoms with Crippen LogP contribution in [-0.4, -0.2) is 50.9 Å². The number of alkyl halides is 3. The number of carbonyl (C=O) groups excluding carboxylic acids is 1. The van der Waals surface area contributed by atoms with Crippen molar-refractivity contribution in [2.75, 3.05) is 6.54 Å². The number of hydrogen-bond acceptors (Lipinski definition) is 6. The lowest BCUT2D eigenvalue weighted by Gasteiger charge is -2.27. The quantitative estimate of drug-likeness (QED) is 0.766. The van der Waals surface area contributed by atoms with Crippen molar-refractivity contribution >= 4 is 12.0 Å². The van der Waals surface area contributed by atoms with E-state index >= 15 is 0 Å². The predicted molar refractivity (Wildman–Crippen MR) is 96.5 cm³/mol. The number of pyridine rings is 1. The number of carboxylic acid groups (broad SMARTS) is 1. The summed E-state index contributed by atoms with van der Waals surface area (Å²) in [5.74, 6) is -1.25. The van der Waals surface area contributed by atoms with E-state index in [0.29, 0.717) is 31.9 Å². The second-order valence-electron chi connectivity index (χ2n) is 6.59. The normalized spacial score (nSPS) is 13.2. The van der Waals surface area contributed by atoms with E-state index in [1.54, 1.807) is 17.3 Å². The van der Waals surface area contributed by atoms with Crippen LogP contribution >= 0.6 is 0 Å². The lowest BCUT2D eigenvalue weighted by molar-refractivity contribution is -0.192. The van der Waals surface area contributed by atoms with Crippen molar-refractivity contribution < 1.29 is 37.1 Å². The summed E-state index contributed by atoms with van der Waals surface area (Å²) in [6.45, 7) is 5.30. The van der Waals surface area contributed by atoms with Crippen molar-refractivity contribution in [3.63, 3.8) is 0 Å². The maximum absolute atomic E-state index is 12.2. The standard InChI is InChI=1S/C16H20N4O3.C2HF3O2/c1-11(2)18-16(21)20-7-5-15-13(9-20)14(19-23-15)10-22-12-4-3-6-17-8-12;3-2(4,5)1(6)7/h3-4,6,8,11H,5,7,9-10H2,1-2H3,(H,18,21);(H,6,7). The Bertz CT molecular complexity index is 855. The minimum absolute atomic E-state index is 0.0639. The molecule has 9 nitrogen and oxygen atoms in total. The highest BCUT2D eigenvalue weighted by Gasteiger charge is 2.38. The lowest BCUT2D eigenvalue weighted by atomic mass is 10.1. The van der Waals surface area contributed by atoms with Crippen molar-refractivity contribution in [3.05, 3.63) is 41.5 Å². The third-order valence-electron chi connectivity index (χ3n) is 3.86. The Morgan fingerprint density at radius 3 is 2.67 bits per heavy atom. The zero-order valence-corrected chi connectivity index (χ0v) is 16.3. The fourth-order valence-electron chi connectivity index (χ4n) is 2.47. The Labute approximate surface area is 169 Å². The minimum atomic E-state index is -5.08. The monoisotopic (exact) mass is 430 g/mol. The largest absolute Gasteiger partial charge is 0.490 e. The van der Waals surface area contributed by atoms with E-state index in [2.05, 4.69) is 15.5 Å². The number of urea groups is 1. The second-order valence-corrected chi connectivity index (χ2v) is 6.59. The highest BCUT2D eigenvalue weighted by molar-refractivity contribution is 5.74. The Kier molecular flexibility index (Phi) is 7.61. The van der Waals surface area contributed by atoms with E-state index < -0.39 is 12.1 Å². The average Bonchev–Trinajstić information content (AvgIpc) is 3.08. The topological polar surface area (TPSA) is 118 Å². The highest BCUT2D eigenvalue weighted by Crippen LogP contribution is 2.23. The first-order valence-corrected chi connectivity index (χ1v) is 8.92. The number of carboxylic acids is 1. The molecule has 0 aliphatic carbocycles. The number of fused-ring (bicyclic) bond motifs is 1. The first kappa shape index (κ1) is 23.0. The third-order valence-corrected chi connectivity index (χ3v) is 3.86. The highest BCUT2D eigenvalue weighted by atomic mass is 19.4. The average molecular weight is 430 g/mol.